The molecular weight excluding hydrogens is 206 g/mol. The van der Waals surface area contributed by atoms with Crippen LogP contribution in [0.3, 0.4) is 0 Å². The smallest absolute Gasteiger partial charge is 0.335 e. The second-order valence-electron chi connectivity index (χ2n) is 5.66. The fraction of sp³-hybridized carbons (Fsp3) is 0.917. The summed E-state index contributed by atoms with van der Waals surface area (Å²) in [6, 6.07) is 0. The maximum absolute atomic E-state index is 11.4. The molecule has 0 bridgehead atoms. The number of aliphatic hydroxyl groups is 1. The molecule has 0 amide bonds. The van der Waals surface area contributed by atoms with Crippen molar-refractivity contribution in [3.8, 4) is 0 Å². The van der Waals surface area contributed by atoms with E-state index in [0.717, 1.165) is 25.7 Å². The summed E-state index contributed by atoms with van der Waals surface area (Å²) in [6.07, 6.45) is 2.45. The molecule has 0 heterocycles. The van der Waals surface area contributed by atoms with Gasteiger partial charge in [-0.15, -0.1) is 0 Å². The molecule has 0 aliphatic heterocycles. The number of carbonyl (C=O) groups excluding carboxylic acids is 1. The molecule has 16 heavy (non-hydrogen) atoms. The van der Waals surface area contributed by atoms with Gasteiger partial charge in [0.1, 0.15) is 0 Å². The quantitative estimate of drug-likeness (QED) is 0.710. The Hall–Kier alpha value is -0.610. The van der Waals surface area contributed by atoms with Crippen LogP contribution in [-0.4, -0.2) is 30.8 Å². The first-order chi connectivity index (χ1) is 7.37. The average molecular weight is 229 g/mol. The normalized spacial score (nSPS) is 24.8. The van der Waals surface area contributed by atoms with Gasteiger partial charge in [0.05, 0.1) is 7.11 Å². The number of hydrogen-bond acceptors (Lipinski definition) is 4. The van der Waals surface area contributed by atoms with Crippen LogP contribution in [-0.2, 0) is 9.53 Å². The van der Waals surface area contributed by atoms with Crippen molar-refractivity contribution in [2.75, 3.05) is 13.7 Å². The summed E-state index contributed by atoms with van der Waals surface area (Å²) in [5.74, 6) is -0.565. The van der Waals surface area contributed by atoms with Gasteiger partial charge in [0, 0.05) is 12.0 Å². The Labute approximate surface area is 97.2 Å². The molecule has 1 saturated carbocycles. The van der Waals surface area contributed by atoms with Gasteiger partial charge in [-0.05, 0) is 31.1 Å². The maximum Gasteiger partial charge on any atom is 0.335 e. The molecule has 1 aliphatic rings. The third-order valence-electron chi connectivity index (χ3n) is 4.01. The third-order valence-corrected chi connectivity index (χ3v) is 4.01. The van der Waals surface area contributed by atoms with Crippen molar-refractivity contribution in [1.82, 2.24) is 0 Å². The van der Waals surface area contributed by atoms with Gasteiger partial charge in [0.25, 0.3) is 0 Å². The second kappa shape index (κ2) is 4.72. The summed E-state index contributed by atoms with van der Waals surface area (Å²) in [6.45, 7) is 4.75. The number of esters is 1. The molecule has 0 aromatic carbocycles. The first kappa shape index (κ1) is 13.5. The molecule has 1 atom stereocenters. The zero-order chi connectivity index (χ0) is 12.4. The number of carbonyl (C=O) groups is 1. The van der Waals surface area contributed by atoms with Crippen LogP contribution in [0.4, 0.5) is 0 Å². The molecule has 1 unspecified atom stereocenters. The Morgan fingerprint density at radius 3 is 2.25 bits per heavy atom. The van der Waals surface area contributed by atoms with Crippen molar-refractivity contribution in [2.24, 2.45) is 16.6 Å². The molecule has 0 aromatic heterocycles. The molecule has 1 aliphatic carbocycles. The van der Waals surface area contributed by atoms with Gasteiger partial charge < -0.3 is 15.6 Å². The van der Waals surface area contributed by atoms with Gasteiger partial charge in [-0.2, -0.15) is 0 Å². The highest BCUT2D eigenvalue weighted by molar-refractivity contribution is 5.75. The lowest BCUT2D eigenvalue weighted by Gasteiger charge is -2.44. The second-order valence-corrected chi connectivity index (χ2v) is 5.66. The number of methoxy groups -OCH3 is 1. The zero-order valence-electron chi connectivity index (χ0n) is 10.5. The summed E-state index contributed by atoms with van der Waals surface area (Å²) < 4.78 is 4.60. The van der Waals surface area contributed by atoms with Crippen molar-refractivity contribution in [3.63, 3.8) is 0 Å². The summed E-state index contributed by atoms with van der Waals surface area (Å²) in [4.78, 5) is 11.4. The van der Waals surface area contributed by atoms with Crippen molar-refractivity contribution in [2.45, 2.75) is 45.6 Å². The van der Waals surface area contributed by atoms with Gasteiger partial charge >= 0.3 is 5.97 Å². The standard InChI is InChI=1S/C12H23NO3/c1-11(2)4-6-12(8-13,7-5-11)9(14)10(15)16-3/h9,14H,4-8,13H2,1-3H3. The number of ether oxygens (including phenoxy) is 1. The molecule has 3 N–H and O–H groups in total. The highest BCUT2D eigenvalue weighted by atomic mass is 16.5. The lowest BCUT2D eigenvalue weighted by atomic mass is 9.63. The maximum atomic E-state index is 11.4. The minimum absolute atomic E-state index is 0.286. The number of rotatable bonds is 3. The van der Waals surface area contributed by atoms with E-state index in [1.165, 1.54) is 7.11 Å². The van der Waals surface area contributed by atoms with E-state index in [4.69, 9.17) is 5.73 Å². The van der Waals surface area contributed by atoms with Crippen LogP contribution in [0.2, 0.25) is 0 Å². The molecular formula is C12H23NO3. The summed E-state index contributed by atoms with van der Waals surface area (Å²) in [7, 11) is 1.29. The fourth-order valence-corrected chi connectivity index (χ4v) is 2.38. The molecule has 1 rings (SSSR count). The van der Waals surface area contributed by atoms with Gasteiger partial charge in [0.15, 0.2) is 6.10 Å². The van der Waals surface area contributed by atoms with E-state index in [2.05, 4.69) is 18.6 Å². The van der Waals surface area contributed by atoms with Crippen molar-refractivity contribution < 1.29 is 14.6 Å². The van der Waals surface area contributed by atoms with Gasteiger partial charge in [-0.3, -0.25) is 0 Å². The average Bonchev–Trinajstić information content (AvgIpc) is 2.28. The van der Waals surface area contributed by atoms with E-state index in [-0.39, 0.29) is 5.41 Å². The Kier molecular flexibility index (Phi) is 3.97. The van der Waals surface area contributed by atoms with E-state index in [1.54, 1.807) is 0 Å². The Morgan fingerprint density at radius 1 is 1.38 bits per heavy atom. The van der Waals surface area contributed by atoms with Crippen molar-refractivity contribution in [3.05, 3.63) is 0 Å². The monoisotopic (exact) mass is 229 g/mol. The molecule has 0 spiro atoms. The van der Waals surface area contributed by atoms with Crippen LogP contribution >= 0.6 is 0 Å². The Bertz CT molecular complexity index is 253. The Balaban J connectivity index is 2.77. The molecule has 0 radical (unpaired) electrons. The van der Waals surface area contributed by atoms with Crippen LogP contribution in [0.5, 0.6) is 0 Å². The highest BCUT2D eigenvalue weighted by Gasteiger charge is 2.45. The third kappa shape index (κ3) is 2.55. The number of aliphatic hydroxyl groups excluding tert-OH is 1. The topological polar surface area (TPSA) is 72.5 Å². The minimum Gasteiger partial charge on any atom is -0.467 e. The number of nitrogens with two attached hydrogens (primary N) is 1. The van der Waals surface area contributed by atoms with E-state index in [0.29, 0.717) is 6.54 Å². The molecule has 0 aromatic rings. The van der Waals surface area contributed by atoms with Crippen molar-refractivity contribution >= 4 is 5.97 Å². The van der Waals surface area contributed by atoms with Crippen LogP contribution in [0.15, 0.2) is 0 Å². The molecule has 4 nitrogen and oxygen atoms in total. The summed E-state index contributed by atoms with van der Waals surface area (Å²) in [5.41, 5.74) is 5.56. The van der Waals surface area contributed by atoms with E-state index in [1.807, 2.05) is 0 Å². The minimum atomic E-state index is -1.08. The summed E-state index contributed by atoms with van der Waals surface area (Å²) in [5, 5.41) is 10.0. The van der Waals surface area contributed by atoms with Gasteiger partial charge in [0.2, 0.25) is 0 Å². The predicted molar refractivity (Wildman–Crippen MR) is 61.8 cm³/mol. The van der Waals surface area contributed by atoms with E-state index < -0.39 is 17.5 Å². The number of hydrogen-bond donors (Lipinski definition) is 2. The first-order valence-corrected chi connectivity index (χ1v) is 5.83. The van der Waals surface area contributed by atoms with E-state index >= 15 is 0 Å². The Morgan fingerprint density at radius 2 is 1.88 bits per heavy atom. The van der Waals surface area contributed by atoms with Gasteiger partial charge in [-0.25, -0.2) is 4.79 Å². The fourth-order valence-electron chi connectivity index (χ4n) is 2.38. The summed E-state index contributed by atoms with van der Waals surface area (Å²) >= 11 is 0. The van der Waals surface area contributed by atoms with Gasteiger partial charge in [-0.1, -0.05) is 13.8 Å². The van der Waals surface area contributed by atoms with Crippen LogP contribution in [0.1, 0.15) is 39.5 Å². The van der Waals surface area contributed by atoms with Crippen molar-refractivity contribution in [1.29, 1.82) is 0 Å². The van der Waals surface area contributed by atoms with Crippen LogP contribution in [0.25, 0.3) is 0 Å². The molecule has 94 valence electrons. The van der Waals surface area contributed by atoms with Crippen LogP contribution < -0.4 is 5.73 Å². The lowest BCUT2D eigenvalue weighted by molar-refractivity contribution is -0.161. The first-order valence-electron chi connectivity index (χ1n) is 5.83. The predicted octanol–water partition coefficient (Wildman–Crippen LogP) is 1.07. The molecule has 4 heteroatoms. The molecule has 1 fully saturated rings. The SMILES string of the molecule is COC(=O)C(O)C1(CN)CCC(C)(C)CC1. The molecule has 0 saturated heterocycles. The lowest BCUT2D eigenvalue weighted by Crippen LogP contribution is -2.49. The largest absolute Gasteiger partial charge is 0.467 e. The van der Waals surface area contributed by atoms with E-state index in [9.17, 15) is 9.90 Å². The zero-order valence-corrected chi connectivity index (χ0v) is 10.5. The van der Waals surface area contributed by atoms with Crippen LogP contribution in [0, 0.1) is 10.8 Å². The highest BCUT2D eigenvalue weighted by Crippen LogP contribution is 2.46.